The summed E-state index contributed by atoms with van der Waals surface area (Å²) in [4.78, 5) is 14.4. The summed E-state index contributed by atoms with van der Waals surface area (Å²) in [6.45, 7) is 5.04. The Balaban J connectivity index is 1.39. The standard InChI is InChI=1S/C17H24BrN3O2/c18-14-1-3-16(4-2-14)21-7-5-13(11-21)10-20-17(22)9-15-12-23-8-6-19-15/h1-4,13,15,19H,5-12H2,(H,20,22). The highest BCUT2D eigenvalue weighted by molar-refractivity contribution is 9.10. The van der Waals surface area contributed by atoms with Gasteiger partial charge >= 0.3 is 0 Å². The Kier molecular flexibility index (Phi) is 5.91. The van der Waals surface area contributed by atoms with Crippen LogP contribution in [0.3, 0.4) is 0 Å². The molecule has 0 bridgehead atoms. The summed E-state index contributed by atoms with van der Waals surface area (Å²) >= 11 is 3.47. The van der Waals surface area contributed by atoms with Gasteiger partial charge < -0.3 is 20.3 Å². The van der Waals surface area contributed by atoms with Crippen LogP contribution in [0.25, 0.3) is 0 Å². The van der Waals surface area contributed by atoms with E-state index < -0.39 is 0 Å². The van der Waals surface area contributed by atoms with Crippen LogP contribution in [0.5, 0.6) is 0 Å². The lowest BCUT2D eigenvalue weighted by Gasteiger charge is -2.23. The molecule has 2 atom stereocenters. The van der Waals surface area contributed by atoms with Gasteiger partial charge in [-0.25, -0.2) is 0 Å². The van der Waals surface area contributed by atoms with Crippen LogP contribution in [0.15, 0.2) is 28.7 Å². The molecular formula is C17H24BrN3O2. The van der Waals surface area contributed by atoms with Crippen molar-refractivity contribution in [3.05, 3.63) is 28.7 Å². The van der Waals surface area contributed by atoms with Crippen LogP contribution < -0.4 is 15.5 Å². The Morgan fingerprint density at radius 1 is 1.39 bits per heavy atom. The molecule has 1 amide bonds. The number of benzene rings is 1. The van der Waals surface area contributed by atoms with Gasteiger partial charge in [-0.05, 0) is 36.6 Å². The lowest BCUT2D eigenvalue weighted by Crippen LogP contribution is -2.44. The molecule has 2 aliphatic heterocycles. The number of nitrogens with one attached hydrogen (secondary N) is 2. The summed E-state index contributed by atoms with van der Waals surface area (Å²) in [6.07, 6.45) is 1.63. The minimum absolute atomic E-state index is 0.120. The molecule has 6 heteroatoms. The lowest BCUT2D eigenvalue weighted by molar-refractivity contribution is -0.122. The molecule has 2 heterocycles. The van der Waals surface area contributed by atoms with Crippen LogP contribution >= 0.6 is 15.9 Å². The number of hydrogen-bond donors (Lipinski definition) is 2. The van der Waals surface area contributed by atoms with Crippen molar-refractivity contribution in [1.29, 1.82) is 0 Å². The van der Waals surface area contributed by atoms with E-state index in [2.05, 4.69) is 55.7 Å². The van der Waals surface area contributed by atoms with Crippen LogP contribution in [0.1, 0.15) is 12.8 Å². The fourth-order valence-corrected chi connectivity index (χ4v) is 3.45. The number of carbonyl (C=O) groups excluding carboxylic acids is 1. The number of morpholine rings is 1. The maximum absolute atomic E-state index is 12.0. The minimum atomic E-state index is 0.120. The monoisotopic (exact) mass is 381 g/mol. The molecule has 0 saturated carbocycles. The molecule has 0 aliphatic carbocycles. The first kappa shape index (κ1) is 16.7. The van der Waals surface area contributed by atoms with Crippen molar-refractivity contribution in [2.45, 2.75) is 18.9 Å². The molecule has 2 N–H and O–H groups in total. The zero-order valence-electron chi connectivity index (χ0n) is 13.3. The maximum Gasteiger partial charge on any atom is 0.221 e. The molecule has 0 aromatic heterocycles. The first-order chi connectivity index (χ1) is 11.2. The van der Waals surface area contributed by atoms with Gasteiger partial charge in [0.15, 0.2) is 0 Å². The van der Waals surface area contributed by atoms with Gasteiger partial charge in [0.25, 0.3) is 0 Å². The molecule has 0 radical (unpaired) electrons. The first-order valence-corrected chi connectivity index (χ1v) is 9.08. The second-order valence-corrected chi connectivity index (χ2v) is 7.23. The Morgan fingerprint density at radius 2 is 2.22 bits per heavy atom. The first-order valence-electron chi connectivity index (χ1n) is 8.29. The molecule has 2 aliphatic rings. The van der Waals surface area contributed by atoms with Crippen molar-refractivity contribution in [1.82, 2.24) is 10.6 Å². The fraction of sp³-hybridized carbons (Fsp3) is 0.588. The van der Waals surface area contributed by atoms with E-state index in [0.29, 0.717) is 18.9 Å². The average molecular weight is 382 g/mol. The lowest BCUT2D eigenvalue weighted by atomic mass is 10.1. The summed E-state index contributed by atoms with van der Waals surface area (Å²) in [6, 6.07) is 8.58. The zero-order chi connectivity index (χ0) is 16.1. The van der Waals surface area contributed by atoms with Crippen LogP contribution in [0.4, 0.5) is 5.69 Å². The van der Waals surface area contributed by atoms with Gasteiger partial charge in [0.05, 0.1) is 13.2 Å². The molecule has 2 saturated heterocycles. The van der Waals surface area contributed by atoms with Crippen molar-refractivity contribution in [2.24, 2.45) is 5.92 Å². The van der Waals surface area contributed by atoms with Gasteiger partial charge in [-0.15, -0.1) is 0 Å². The van der Waals surface area contributed by atoms with E-state index in [-0.39, 0.29) is 11.9 Å². The Bertz CT molecular complexity index is 517. The molecule has 3 rings (SSSR count). The minimum Gasteiger partial charge on any atom is -0.378 e. The third-order valence-corrected chi connectivity index (χ3v) is 5.02. The number of hydrogen-bond acceptors (Lipinski definition) is 4. The van der Waals surface area contributed by atoms with E-state index in [9.17, 15) is 4.79 Å². The molecule has 23 heavy (non-hydrogen) atoms. The van der Waals surface area contributed by atoms with Crippen LogP contribution in [-0.2, 0) is 9.53 Å². The van der Waals surface area contributed by atoms with E-state index >= 15 is 0 Å². The molecule has 2 fully saturated rings. The summed E-state index contributed by atoms with van der Waals surface area (Å²) < 4.78 is 6.48. The molecule has 1 aromatic carbocycles. The summed E-state index contributed by atoms with van der Waals surface area (Å²) in [5, 5.41) is 6.40. The highest BCUT2D eigenvalue weighted by Crippen LogP contribution is 2.24. The van der Waals surface area contributed by atoms with Gasteiger partial charge in [0.1, 0.15) is 0 Å². The fourth-order valence-electron chi connectivity index (χ4n) is 3.19. The quantitative estimate of drug-likeness (QED) is 0.815. The van der Waals surface area contributed by atoms with E-state index in [4.69, 9.17) is 4.74 Å². The summed E-state index contributed by atoms with van der Waals surface area (Å²) in [5.74, 6) is 0.647. The van der Waals surface area contributed by atoms with Crippen molar-refractivity contribution in [3.8, 4) is 0 Å². The molecule has 2 unspecified atom stereocenters. The highest BCUT2D eigenvalue weighted by atomic mass is 79.9. The smallest absolute Gasteiger partial charge is 0.221 e. The molecule has 5 nitrogen and oxygen atoms in total. The molecule has 0 spiro atoms. The number of carbonyl (C=O) groups is 1. The molecule has 1 aromatic rings. The summed E-state index contributed by atoms with van der Waals surface area (Å²) in [7, 11) is 0. The Labute approximate surface area is 145 Å². The predicted molar refractivity (Wildman–Crippen MR) is 94.7 cm³/mol. The van der Waals surface area contributed by atoms with Crippen molar-refractivity contribution >= 4 is 27.5 Å². The average Bonchev–Trinajstić information content (AvgIpc) is 3.04. The Morgan fingerprint density at radius 3 is 2.96 bits per heavy atom. The summed E-state index contributed by atoms with van der Waals surface area (Å²) in [5.41, 5.74) is 1.26. The van der Waals surface area contributed by atoms with Crippen LogP contribution in [0.2, 0.25) is 0 Å². The largest absolute Gasteiger partial charge is 0.378 e. The third-order valence-electron chi connectivity index (χ3n) is 4.50. The van der Waals surface area contributed by atoms with E-state index in [0.717, 1.165) is 43.7 Å². The van der Waals surface area contributed by atoms with Gasteiger partial charge in [0.2, 0.25) is 5.91 Å². The third kappa shape index (κ3) is 4.93. The molecular weight excluding hydrogens is 358 g/mol. The Hall–Kier alpha value is -1.11. The van der Waals surface area contributed by atoms with Crippen LogP contribution in [-0.4, -0.2) is 51.3 Å². The van der Waals surface area contributed by atoms with Crippen molar-refractivity contribution in [3.63, 3.8) is 0 Å². The SMILES string of the molecule is O=C(CC1COCCN1)NCC1CCN(c2ccc(Br)cc2)C1. The number of ether oxygens (including phenoxy) is 1. The normalized spacial score (nSPS) is 24.7. The number of rotatable bonds is 5. The van der Waals surface area contributed by atoms with Crippen molar-refractivity contribution < 1.29 is 9.53 Å². The van der Waals surface area contributed by atoms with Gasteiger partial charge in [-0.1, -0.05) is 15.9 Å². The zero-order valence-corrected chi connectivity index (χ0v) is 14.8. The van der Waals surface area contributed by atoms with Crippen molar-refractivity contribution in [2.75, 3.05) is 44.3 Å². The second kappa shape index (κ2) is 8.13. The second-order valence-electron chi connectivity index (χ2n) is 6.31. The van der Waals surface area contributed by atoms with Gasteiger partial charge in [-0.3, -0.25) is 4.79 Å². The van der Waals surface area contributed by atoms with E-state index in [1.165, 1.54) is 5.69 Å². The number of halogens is 1. The van der Waals surface area contributed by atoms with E-state index in [1.54, 1.807) is 0 Å². The highest BCUT2D eigenvalue weighted by Gasteiger charge is 2.24. The number of amides is 1. The van der Waals surface area contributed by atoms with Crippen LogP contribution in [0, 0.1) is 5.92 Å². The van der Waals surface area contributed by atoms with Gasteiger partial charge in [0, 0.05) is 48.8 Å². The number of nitrogens with zero attached hydrogens (tertiary/aromatic N) is 1. The maximum atomic E-state index is 12.0. The number of anilines is 1. The van der Waals surface area contributed by atoms with Gasteiger partial charge in [-0.2, -0.15) is 0 Å². The molecule has 126 valence electrons. The van der Waals surface area contributed by atoms with E-state index in [1.807, 2.05) is 0 Å². The predicted octanol–water partition coefficient (Wildman–Crippen LogP) is 1.77. The topological polar surface area (TPSA) is 53.6 Å².